The van der Waals surface area contributed by atoms with Gasteiger partial charge in [0.2, 0.25) is 0 Å². The van der Waals surface area contributed by atoms with E-state index in [4.69, 9.17) is 11.6 Å². The molecule has 2 rings (SSSR count). The van der Waals surface area contributed by atoms with Crippen molar-refractivity contribution in [2.45, 2.75) is 39.2 Å². The van der Waals surface area contributed by atoms with Gasteiger partial charge in [-0.15, -0.1) is 0 Å². The molecule has 0 aliphatic heterocycles. The summed E-state index contributed by atoms with van der Waals surface area (Å²) in [5.41, 5.74) is 2.62. The van der Waals surface area contributed by atoms with Gasteiger partial charge in [-0.1, -0.05) is 32.4 Å². The zero-order valence-electron chi connectivity index (χ0n) is 10.3. The average molecular weight is 253 g/mol. The number of fused-ring (bicyclic) bond motifs is 1. The molecule has 0 aromatic carbocycles. The Morgan fingerprint density at radius 2 is 2.18 bits per heavy atom. The Hall–Kier alpha value is -1.06. The molecule has 0 saturated heterocycles. The number of halogens is 1. The number of nitrogens with zero attached hydrogens (tertiary/aromatic N) is 2. The second kappa shape index (κ2) is 4.67. The van der Waals surface area contributed by atoms with Crippen molar-refractivity contribution in [1.29, 1.82) is 0 Å². The Bertz CT molecular complexity index is 533. The molecule has 3 nitrogen and oxygen atoms in total. The number of aliphatic hydroxyl groups is 1. The quantitative estimate of drug-likeness (QED) is 0.907. The molecule has 0 spiro atoms. The molecule has 17 heavy (non-hydrogen) atoms. The van der Waals surface area contributed by atoms with Crippen LogP contribution in [-0.2, 0) is 0 Å². The predicted molar refractivity (Wildman–Crippen MR) is 69.5 cm³/mol. The molecule has 2 aromatic rings. The molecule has 4 heteroatoms. The van der Waals surface area contributed by atoms with E-state index < -0.39 is 6.10 Å². The van der Waals surface area contributed by atoms with Crippen molar-refractivity contribution in [2.24, 2.45) is 0 Å². The van der Waals surface area contributed by atoms with Crippen molar-refractivity contribution in [3.8, 4) is 0 Å². The number of pyridine rings is 1. The summed E-state index contributed by atoms with van der Waals surface area (Å²) in [6.45, 7) is 6.12. The monoisotopic (exact) mass is 252 g/mol. The Labute approximate surface area is 106 Å². The van der Waals surface area contributed by atoms with Crippen LogP contribution in [0.4, 0.5) is 0 Å². The molecule has 0 aliphatic carbocycles. The summed E-state index contributed by atoms with van der Waals surface area (Å²) in [4.78, 5) is 4.56. The predicted octanol–water partition coefficient (Wildman–Crippen LogP) is 3.55. The summed E-state index contributed by atoms with van der Waals surface area (Å²) in [7, 11) is 0. The summed E-state index contributed by atoms with van der Waals surface area (Å²) in [5.74, 6) is 0.282. The molecular weight excluding hydrogens is 236 g/mol. The van der Waals surface area contributed by atoms with Crippen LogP contribution in [0.25, 0.3) is 5.65 Å². The number of aliphatic hydroxyl groups excluding tert-OH is 1. The van der Waals surface area contributed by atoms with Crippen LogP contribution < -0.4 is 0 Å². The maximum absolute atomic E-state index is 10.1. The van der Waals surface area contributed by atoms with Crippen LogP contribution in [-0.4, -0.2) is 14.5 Å². The summed E-state index contributed by atoms with van der Waals surface area (Å²) in [6.07, 6.45) is 2.06. The van der Waals surface area contributed by atoms with E-state index in [1.54, 1.807) is 0 Å². The Morgan fingerprint density at radius 1 is 1.47 bits per heavy atom. The fraction of sp³-hybridized carbons (Fsp3) is 0.462. The van der Waals surface area contributed by atoms with Gasteiger partial charge in [0.05, 0.1) is 17.5 Å². The van der Waals surface area contributed by atoms with Gasteiger partial charge in [0.25, 0.3) is 0 Å². The Balaban J connectivity index is 2.71. The van der Waals surface area contributed by atoms with E-state index in [0.717, 1.165) is 17.0 Å². The molecule has 2 aromatic heterocycles. The van der Waals surface area contributed by atoms with Crippen molar-refractivity contribution < 1.29 is 5.11 Å². The minimum absolute atomic E-state index is 0.282. The van der Waals surface area contributed by atoms with Crippen LogP contribution in [0.3, 0.4) is 0 Å². The second-order valence-electron chi connectivity index (χ2n) is 4.53. The number of imidazole rings is 1. The molecular formula is C13H17ClN2O. The Morgan fingerprint density at radius 3 is 2.76 bits per heavy atom. The molecule has 1 unspecified atom stereocenters. The smallest absolute Gasteiger partial charge is 0.138 e. The molecule has 0 radical (unpaired) electrons. The molecule has 0 bridgehead atoms. The third-order valence-corrected chi connectivity index (χ3v) is 3.14. The van der Waals surface area contributed by atoms with Crippen LogP contribution >= 0.6 is 11.6 Å². The van der Waals surface area contributed by atoms with Crippen molar-refractivity contribution in [2.75, 3.05) is 0 Å². The fourth-order valence-corrected chi connectivity index (χ4v) is 2.16. The summed E-state index contributed by atoms with van der Waals surface area (Å²) >= 11 is 5.96. The molecule has 0 saturated carbocycles. The van der Waals surface area contributed by atoms with Crippen molar-refractivity contribution in [1.82, 2.24) is 9.38 Å². The summed E-state index contributed by atoms with van der Waals surface area (Å²) in [6, 6.07) is 3.63. The van der Waals surface area contributed by atoms with Crippen molar-refractivity contribution in [3.05, 3.63) is 34.7 Å². The lowest BCUT2D eigenvalue weighted by atomic mass is 10.0. The van der Waals surface area contributed by atoms with Gasteiger partial charge >= 0.3 is 0 Å². The zero-order valence-corrected chi connectivity index (χ0v) is 11.1. The minimum atomic E-state index is -0.483. The first-order valence-electron chi connectivity index (χ1n) is 5.90. The first-order valence-corrected chi connectivity index (χ1v) is 6.27. The van der Waals surface area contributed by atoms with Gasteiger partial charge in [-0.2, -0.15) is 0 Å². The van der Waals surface area contributed by atoms with E-state index >= 15 is 0 Å². The van der Waals surface area contributed by atoms with E-state index in [1.165, 1.54) is 0 Å². The largest absolute Gasteiger partial charge is 0.387 e. The highest BCUT2D eigenvalue weighted by molar-refractivity contribution is 6.30. The van der Waals surface area contributed by atoms with Gasteiger partial charge in [-0.05, 0) is 18.4 Å². The topological polar surface area (TPSA) is 37.5 Å². The van der Waals surface area contributed by atoms with E-state index in [0.29, 0.717) is 11.4 Å². The number of rotatable bonds is 3. The molecule has 0 amide bonds. The maximum Gasteiger partial charge on any atom is 0.138 e. The van der Waals surface area contributed by atoms with Gasteiger partial charge in [0.15, 0.2) is 0 Å². The van der Waals surface area contributed by atoms with Crippen LogP contribution in [0, 0.1) is 0 Å². The van der Waals surface area contributed by atoms with E-state index in [2.05, 4.69) is 18.8 Å². The van der Waals surface area contributed by atoms with Crippen LogP contribution in [0.5, 0.6) is 0 Å². The van der Waals surface area contributed by atoms with Gasteiger partial charge in [0.1, 0.15) is 5.65 Å². The SMILES string of the molecule is CCC(O)c1c(C(C)C)nc2cc(Cl)ccn12. The number of hydrogen-bond acceptors (Lipinski definition) is 2. The van der Waals surface area contributed by atoms with Gasteiger partial charge in [0, 0.05) is 17.3 Å². The number of hydrogen-bond donors (Lipinski definition) is 1. The van der Waals surface area contributed by atoms with E-state index in [-0.39, 0.29) is 5.92 Å². The molecule has 1 N–H and O–H groups in total. The van der Waals surface area contributed by atoms with Crippen LogP contribution in [0.15, 0.2) is 18.3 Å². The van der Waals surface area contributed by atoms with E-state index in [9.17, 15) is 5.11 Å². The maximum atomic E-state index is 10.1. The standard InChI is InChI=1S/C13H17ClN2O/c1-4-10(17)13-12(8(2)3)15-11-7-9(14)5-6-16(11)13/h5-8,10,17H,4H2,1-3H3. The fourth-order valence-electron chi connectivity index (χ4n) is 2.01. The molecule has 1 atom stereocenters. The first-order chi connectivity index (χ1) is 8.04. The first kappa shape index (κ1) is 12.4. The normalized spacial score (nSPS) is 13.5. The average Bonchev–Trinajstić information content (AvgIpc) is 2.66. The molecule has 2 heterocycles. The van der Waals surface area contributed by atoms with Crippen LogP contribution in [0.2, 0.25) is 5.02 Å². The van der Waals surface area contributed by atoms with Gasteiger partial charge in [-0.25, -0.2) is 4.98 Å². The number of aromatic nitrogens is 2. The highest BCUT2D eigenvalue weighted by atomic mass is 35.5. The third kappa shape index (κ3) is 2.17. The van der Waals surface area contributed by atoms with Crippen molar-refractivity contribution in [3.63, 3.8) is 0 Å². The second-order valence-corrected chi connectivity index (χ2v) is 4.97. The van der Waals surface area contributed by atoms with Gasteiger partial charge < -0.3 is 9.51 Å². The van der Waals surface area contributed by atoms with E-state index in [1.807, 2.05) is 29.7 Å². The molecule has 0 fully saturated rings. The zero-order chi connectivity index (χ0) is 12.6. The lowest BCUT2D eigenvalue weighted by Gasteiger charge is -2.12. The summed E-state index contributed by atoms with van der Waals surface area (Å²) in [5, 5.41) is 10.8. The van der Waals surface area contributed by atoms with Gasteiger partial charge in [-0.3, -0.25) is 0 Å². The highest BCUT2D eigenvalue weighted by Crippen LogP contribution is 2.28. The lowest BCUT2D eigenvalue weighted by molar-refractivity contribution is 0.166. The highest BCUT2D eigenvalue weighted by Gasteiger charge is 2.20. The molecule has 0 aliphatic rings. The summed E-state index contributed by atoms with van der Waals surface area (Å²) < 4.78 is 1.93. The molecule has 92 valence electrons. The third-order valence-electron chi connectivity index (χ3n) is 2.90. The Kier molecular flexibility index (Phi) is 3.40. The minimum Gasteiger partial charge on any atom is -0.387 e. The van der Waals surface area contributed by atoms with Crippen molar-refractivity contribution >= 4 is 17.2 Å². The van der Waals surface area contributed by atoms with Crippen LogP contribution in [0.1, 0.15) is 50.6 Å². The lowest BCUT2D eigenvalue weighted by Crippen LogP contribution is -2.04.